The van der Waals surface area contributed by atoms with Gasteiger partial charge in [0.25, 0.3) is 0 Å². The predicted octanol–water partition coefficient (Wildman–Crippen LogP) is 2.85. The number of β-amino-alcohol motifs (C(OH)–C–C–N with tert-alkyl or cyclic N) is 1. The number of ether oxygens (including phenoxy) is 2. The second kappa shape index (κ2) is 8.69. The number of hydrogen-bond acceptors (Lipinski definition) is 4. The lowest BCUT2D eigenvalue weighted by Crippen LogP contribution is -2.45. The van der Waals surface area contributed by atoms with E-state index in [2.05, 4.69) is 0 Å². The Kier molecular flexibility index (Phi) is 6.89. The minimum absolute atomic E-state index is 0.0485. The van der Waals surface area contributed by atoms with Gasteiger partial charge in [0, 0.05) is 18.7 Å². The molecule has 1 aliphatic heterocycles. The number of alkyl halides is 3. The van der Waals surface area contributed by atoms with Crippen LogP contribution in [0.15, 0.2) is 24.3 Å². The molecule has 4 nitrogen and oxygen atoms in total. The zero-order valence-electron chi connectivity index (χ0n) is 13.8. The van der Waals surface area contributed by atoms with Crippen LogP contribution >= 0.6 is 0 Å². The van der Waals surface area contributed by atoms with E-state index in [-0.39, 0.29) is 32.7 Å². The minimum atomic E-state index is -4.16. The number of aliphatic hydroxyl groups is 1. The molecule has 1 fully saturated rings. The van der Waals surface area contributed by atoms with Crippen LogP contribution in [0.5, 0.6) is 5.75 Å². The van der Waals surface area contributed by atoms with E-state index >= 15 is 0 Å². The van der Waals surface area contributed by atoms with Gasteiger partial charge in [-0.15, -0.1) is 0 Å². The third-order valence-corrected chi connectivity index (χ3v) is 4.20. The Morgan fingerprint density at radius 2 is 2.08 bits per heavy atom. The van der Waals surface area contributed by atoms with Crippen LogP contribution in [-0.2, 0) is 11.3 Å². The zero-order chi connectivity index (χ0) is 17.6. The Morgan fingerprint density at radius 1 is 1.33 bits per heavy atom. The van der Waals surface area contributed by atoms with Crippen LogP contribution in [0.25, 0.3) is 0 Å². The van der Waals surface area contributed by atoms with Gasteiger partial charge in [-0.2, -0.15) is 13.2 Å². The van der Waals surface area contributed by atoms with Crippen LogP contribution in [0.2, 0.25) is 0 Å². The number of para-hydroxylation sites is 1. The van der Waals surface area contributed by atoms with E-state index in [1.165, 1.54) is 0 Å². The van der Waals surface area contributed by atoms with E-state index < -0.39 is 18.2 Å². The topological polar surface area (TPSA) is 41.9 Å². The number of likely N-dealkylation sites (tertiary alicyclic amines) is 1. The number of methoxy groups -OCH3 is 1. The second-order valence-electron chi connectivity index (χ2n) is 6.12. The molecule has 1 saturated heterocycles. The summed E-state index contributed by atoms with van der Waals surface area (Å²) in [6.07, 6.45) is -4.31. The first-order chi connectivity index (χ1) is 11.4. The Balaban J connectivity index is 1.74. The highest BCUT2D eigenvalue weighted by Gasteiger charge is 2.41. The van der Waals surface area contributed by atoms with Gasteiger partial charge in [-0.1, -0.05) is 18.2 Å². The molecule has 0 spiro atoms. The lowest BCUT2D eigenvalue weighted by Gasteiger charge is -2.34. The maximum Gasteiger partial charge on any atom is 0.393 e. The van der Waals surface area contributed by atoms with Gasteiger partial charge in [0.15, 0.2) is 0 Å². The van der Waals surface area contributed by atoms with Crippen molar-refractivity contribution in [2.75, 3.05) is 33.4 Å². The van der Waals surface area contributed by atoms with Gasteiger partial charge in [0.2, 0.25) is 0 Å². The van der Waals surface area contributed by atoms with Gasteiger partial charge in [0.1, 0.15) is 5.75 Å². The maximum atomic E-state index is 12.8. The lowest BCUT2D eigenvalue weighted by atomic mass is 9.97. The Morgan fingerprint density at radius 3 is 2.79 bits per heavy atom. The largest absolute Gasteiger partial charge is 0.496 e. The molecule has 1 aromatic carbocycles. The van der Waals surface area contributed by atoms with E-state index in [1.807, 2.05) is 24.3 Å². The number of nitrogens with zero attached hydrogens (tertiary/aromatic N) is 1. The standard InChI is InChI=1S/C17H24F3NO3/c1-23-16-7-3-2-5-13(16)11-24-12-15(22)10-21-8-4-6-14(9-21)17(18,19)20/h2-3,5,7,14-15,22H,4,6,8-12H2,1H3/t14-,15-/m0/s1. The summed E-state index contributed by atoms with van der Waals surface area (Å²) in [5.41, 5.74) is 0.863. The summed E-state index contributed by atoms with van der Waals surface area (Å²) in [6.45, 7) is 1.08. The monoisotopic (exact) mass is 347 g/mol. The number of halogens is 3. The average molecular weight is 347 g/mol. The molecule has 0 aromatic heterocycles. The third-order valence-electron chi connectivity index (χ3n) is 4.20. The summed E-state index contributed by atoms with van der Waals surface area (Å²) in [5.74, 6) is -0.594. The number of piperidine rings is 1. The predicted molar refractivity (Wildman–Crippen MR) is 83.9 cm³/mol. The normalized spacial score (nSPS) is 20.8. The lowest BCUT2D eigenvalue weighted by molar-refractivity contribution is -0.187. The van der Waals surface area contributed by atoms with Gasteiger partial charge in [-0.25, -0.2) is 0 Å². The fourth-order valence-corrected chi connectivity index (χ4v) is 2.97. The van der Waals surface area contributed by atoms with Crippen molar-refractivity contribution < 1.29 is 27.8 Å². The highest BCUT2D eigenvalue weighted by molar-refractivity contribution is 5.32. The molecule has 7 heteroatoms. The van der Waals surface area contributed by atoms with Gasteiger partial charge >= 0.3 is 6.18 Å². The highest BCUT2D eigenvalue weighted by atomic mass is 19.4. The molecule has 0 aliphatic carbocycles. The maximum absolute atomic E-state index is 12.8. The molecule has 24 heavy (non-hydrogen) atoms. The quantitative estimate of drug-likeness (QED) is 0.824. The number of benzene rings is 1. The minimum Gasteiger partial charge on any atom is -0.496 e. The molecule has 0 unspecified atom stereocenters. The summed E-state index contributed by atoms with van der Waals surface area (Å²) in [5, 5.41) is 10.0. The zero-order valence-corrected chi connectivity index (χ0v) is 13.8. The van der Waals surface area contributed by atoms with Crippen molar-refractivity contribution in [1.82, 2.24) is 4.90 Å². The Bertz CT molecular complexity index is 510. The molecule has 2 atom stereocenters. The van der Waals surface area contributed by atoms with E-state index in [1.54, 1.807) is 12.0 Å². The summed E-state index contributed by atoms with van der Waals surface area (Å²) in [7, 11) is 1.57. The van der Waals surface area contributed by atoms with E-state index in [4.69, 9.17) is 9.47 Å². The molecule has 0 amide bonds. The van der Waals surface area contributed by atoms with Crippen LogP contribution in [0.3, 0.4) is 0 Å². The molecular formula is C17H24F3NO3. The molecule has 0 saturated carbocycles. The fraction of sp³-hybridized carbons (Fsp3) is 0.647. The first-order valence-corrected chi connectivity index (χ1v) is 8.07. The van der Waals surface area contributed by atoms with Crippen molar-refractivity contribution in [2.45, 2.75) is 31.7 Å². The first-order valence-electron chi connectivity index (χ1n) is 8.07. The summed E-state index contributed by atoms with van der Waals surface area (Å²) < 4.78 is 49.1. The second-order valence-corrected chi connectivity index (χ2v) is 6.12. The SMILES string of the molecule is COc1ccccc1COC[C@@H](O)CN1CCC[C@H](C(F)(F)F)C1. The third kappa shape index (κ3) is 5.65. The van der Waals surface area contributed by atoms with Gasteiger partial charge in [-0.05, 0) is 25.5 Å². The molecule has 0 radical (unpaired) electrons. The van der Waals surface area contributed by atoms with Crippen LogP contribution in [-0.4, -0.2) is 55.6 Å². The average Bonchev–Trinajstić information content (AvgIpc) is 2.55. The summed E-state index contributed by atoms with van der Waals surface area (Å²) in [4.78, 5) is 1.67. The Hall–Kier alpha value is -1.31. The first kappa shape index (κ1) is 19.0. The molecule has 1 aromatic rings. The molecule has 1 N–H and O–H groups in total. The molecule has 2 rings (SSSR count). The van der Waals surface area contributed by atoms with Crippen molar-refractivity contribution in [3.8, 4) is 5.75 Å². The Labute approximate surface area is 140 Å². The smallest absolute Gasteiger partial charge is 0.393 e. The van der Waals surface area contributed by atoms with Crippen LogP contribution in [0.4, 0.5) is 13.2 Å². The molecular weight excluding hydrogens is 323 g/mol. The molecule has 1 heterocycles. The number of aliphatic hydroxyl groups excluding tert-OH is 1. The highest BCUT2D eigenvalue weighted by Crippen LogP contribution is 2.33. The van der Waals surface area contributed by atoms with Crippen molar-refractivity contribution in [3.63, 3.8) is 0 Å². The van der Waals surface area contributed by atoms with E-state index in [9.17, 15) is 18.3 Å². The van der Waals surface area contributed by atoms with Gasteiger partial charge in [0.05, 0.1) is 32.3 Å². The van der Waals surface area contributed by atoms with Gasteiger partial charge < -0.3 is 19.5 Å². The summed E-state index contributed by atoms with van der Waals surface area (Å²) >= 11 is 0. The van der Waals surface area contributed by atoms with Crippen LogP contribution in [0, 0.1) is 5.92 Å². The molecule has 136 valence electrons. The van der Waals surface area contributed by atoms with E-state index in [0.29, 0.717) is 18.7 Å². The van der Waals surface area contributed by atoms with Crippen molar-refractivity contribution in [1.29, 1.82) is 0 Å². The van der Waals surface area contributed by atoms with Gasteiger partial charge in [-0.3, -0.25) is 0 Å². The van der Waals surface area contributed by atoms with Crippen molar-refractivity contribution in [3.05, 3.63) is 29.8 Å². The summed E-state index contributed by atoms with van der Waals surface area (Å²) in [6, 6.07) is 7.40. The molecule has 1 aliphatic rings. The number of rotatable bonds is 7. The van der Waals surface area contributed by atoms with Crippen molar-refractivity contribution in [2.24, 2.45) is 5.92 Å². The number of hydrogen-bond donors (Lipinski definition) is 1. The van der Waals surface area contributed by atoms with Crippen molar-refractivity contribution >= 4 is 0 Å². The molecule has 0 bridgehead atoms. The fourth-order valence-electron chi connectivity index (χ4n) is 2.97. The van der Waals surface area contributed by atoms with E-state index in [0.717, 1.165) is 5.56 Å². The van der Waals surface area contributed by atoms with Crippen LogP contribution < -0.4 is 4.74 Å². The van der Waals surface area contributed by atoms with Crippen LogP contribution in [0.1, 0.15) is 18.4 Å².